The third-order valence-corrected chi connectivity index (χ3v) is 5.70. The maximum atomic E-state index is 13.2. The van der Waals surface area contributed by atoms with Crippen LogP contribution in [0.2, 0.25) is 0 Å². The minimum absolute atomic E-state index is 0.105. The number of nitrogens with zero attached hydrogens (tertiary/aromatic N) is 6. The van der Waals surface area contributed by atoms with Crippen molar-refractivity contribution in [2.45, 2.75) is 44.8 Å². The van der Waals surface area contributed by atoms with Crippen LogP contribution in [0.3, 0.4) is 0 Å². The van der Waals surface area contributed by atoms with Crippen LogP contribution in [0.25, 0.3) is 10.9 Å². The van der Waals surface area contributed by atoms with Crippen LogP contribution in [0.15, 0.2) is 35.3 Å². The Hall–Kier alpha value is -2.54. The molecular formula is C20H24N6O. The van der Waals surface area contributed by atoms with Crippen molar-refractivity contribution >= 4 is 10.9 Å². The lowest BCUT2D eigenvalue weighted by Crippen LogP contribution is -2.32. The van der Waals surface area contributed by atoms with E-state index >= 15 is 0 Å². The number of aromatic nitrogens is 5. The van der Waals surface area contributed by atoms with E-state index in [9.17, 15) is 4.79 Å². The molecule has 0 bridgehead atoms. The van der Waals surface area contributed by atoms with E-state index in [4.69, 9.17) is 4.98 Å². The fourth-order valence-electron chi connectivity index (χ4n) is 4.15. The highest BCUT2D eigenvalue weighted by atomic mass is 16.1. The number of aryl methyl sites for hydroxylation is 1. The summed E-state index contributed by atoms with van der Waals surface area (Å²) >= 11 is 0. The predicted molar refractivity (Wildman–Crippen MR) is 102 cm³/mol. The van der Waals surface area contributed by atoms with E-state index in [1.807, 2.05) is 42.1 Å². The van der Waals surface area contributed by atoms with Gasteiger partial charge in [-0.1, -0.05) is 12.1 Å². The van der Waals surface area contributed by atoms with Crippen molar-refractivity contribution < 1.29 is 0 Å². The van der Waals surface area contributed by atoms with Crippen LogP contribution < -0.4 is 5.56 Å². The molecule has 2 fully saturated rings. The van der Waals surface area contributed by atoms with E-state index in [2.05, 4.69) is 15.1 Å². The van der Waals surface area contributed by atoms with Gasteiger partial charge in [0.05, 0.1) is 28.8 Å². The van der Waals surface area contributed by atoms with Gasteiger partial charge in [0.25, 0.3) is 5.56 Å². The Labute approximate surface area is 157 Å². The first-order chi connectivity index (χ1) is 13.2. The van der Waals surface area contributed by atoms with Gasteiger partial charge in [0.15, 0.2) is 0 Å². The van der Waals surface area contributed by atoms with Crippen molar-refractivity contribution in [3.8, 4) is 0 Å². The van der Waals surface area contributed by atoms with Crippen LogP contribution in [0, 0.1) is 5.92 Å². The van der Waals surface area contributed by atoms with E-state index in [0.717, 1.165) is 54.9 Å². The molecule has 5 rings (SSSR count). The first-order valence-electron chi connectivity index (χ1n) is 9.78. The Bertz CT molecular complexity index is 1030. The third kappa shape index (κ3) is 3.16. The van der Waals surface area contributed by atoms with Crippen LogP contribution in [0.5, 0.6) is 0 Å². The van der Waals surface area contributed by atoms with Crippen LogP contribution in [0.4, 0.5) is 0 Å². The fourth-order valence-corrected chi connectivity index (χ4v) is 4.15. The van der Waals surface area contributed by atoms with Crippen molar-refractivity contribution in [2.24, 2.45) is 13.0 Å². The van der Waals surface area contributed by atoms with E-state index in [-0.39, 0.29) is 11.6 Å². The summed E-state index contributed by atoms with van der Waals surface area (Å²) in [5, 5.41) is 9.33. The molecule has 7 nitrogen and oxygen atoms in total. The summed E-state index contributed by atoms with van der Waals surface area (Å²) < 4.78 is 1.96. The van der Waals surface area contributed by atoms with Crippen molar-refractivity contribution in [1.29, 1.82) is 0 Å². The molecule has 1 aliphatic heterocycles. The number of fused-ring (bicyclic) bond motifs is 1. The zero-order valence-electron chi connectivity index (χ0n) is 15.6. The summed E-state index contributed by atoms with van der Waals surface area (Å²) in [4.78, 5) is 22.2. The molecule has 1 saturated heterocycles. The molecule has 1 unspecified atom stereocenters. The number of benzene rings is 1. The van der Waals surface area contributed by atoms with Crippen molar-refractivity contribution in [1.82, 2.24) is 29.4 Å². The molecule has 3 aromatic rings. The van der Waals surface area contributed by atoms with Gasteiger partial charge in [0, 0.05) is 20.1 Å². The molecule has 3 heterocycles. The van der Waals surface area contributed by atoms with Crippen LogP contribution in [-0.2, 0) is 20.1 Å². The lowest BCUT2D eigenvalue weighted by molar-refractivity contribution is 0.229. The highest BCUT2D eigenvalue weighted by Gasteiger charge is 2.32. The van der Waals surface area contributed by atoms with Gasteiger partial charge in [-0.15, -0.1) is 0 Å². The second kappa shape index (κ2) is 6.56. The molecule has 7 heteroatoms. The Morgan fingerprint density at radius 1 is 1.19 bits per heavy atom. The quantitative estimate of drug-likeness (QED) is 0.695. The van der Waals surface area contributed by atoms with Gasteiger partial charge in [-0.3, -0.25) is 14.3 Å². The number of likely N-dealkylation sites (tertiary alicyclic amines) is 1. The van der Waals surface area contributed by atoms with Crippen LogP contribution in [0.1, 0.15) is 43.2 Å². The molecule has 2 aliphatic rings. The second-order valence-corrected chi connectivity index (χ2v) is 7.80. The van der Waals surface area contributed by atoms with Gasteiger partial charge in [0.1, 0.15) is 5.82 Å². The van der Waals surface area contributed by atoms with Crippen molar-refractivity contribution in [2.75, 3.05) is 6.54 Å². The molecule has 2 aromatic heterocycles. The number of hydrogen-bond acceptors (Lipinski definition) is 5. The first kappa shape index (κ1) is 16.6. The Morgan fingerprint density at radius 2 is 2.04 bits per heavy atom. The van der Waals surface area contributed by atoms with E-state index in [1.54, 1.807) is 4.80 Å². The van der Waals surface area contributed by atoms with Gasteiger partial charge in [0.2, 0.25) is 0 Å². The molecule has 1 saturated carbocycles. The molecule has 1 aromatic carbocycles. The lowest BCUT2D eigenvalue weighted by Gasteiger charge is -2.26. The maximum Gasteiger partial charge on any atom is 0.261 e. The summed E-state index contributed by atoms with van der Waals surface area (Å²) in [7, 11) is 1.84. The normalized spacial score (nSPS) is 20.6. The highest BCUT2D eigenvalue weighted by Crippen LogP contribution is 2.35. The largest absolute Gasteiger partial charge is 0.295 e. The van der Waals surface area contributed by atoms with Crippen LogP contribution >= 0.6 is 0 Å². The third-order valence-electron chi connectivity index (χ3n) is 5.70. The maximum absolute atomic E-state index is 13.2. The van der Waals surface area contributed by atoms with Crippen LogP contribution in [-0.4, -0.2) is 36.0 Å². The van der Waals surface area contributed by atoms with E-state index in [1.165, 1.54) is 12.8 Å². The monoisotopic (exact) mass is 364 g/mol. The predicted octanol–water partition coefficient (Wildman–Crippen LogP) is 2.27. The lowest BCUT2D eigenvalue weighted by atomic mass is 10.1. The molecule has 1 atom stereocenters. The van der Waals surface area contributed by atoms with Crippen molar-refractivity contribution in [3.05, 3.63) is 52.3 Å². The average molecular weight is 364 g/mol. The van der Waals surface area contributed by atoms with E-state index in [0.29, 0.717) is 5.92 Å². The van der Waals surface area contributed by atoms with Crippen molar-refractivity contribution in [3.63, 3.8) is 0 Å². The summed E-state index contributed by atoms with van der Waals surface area (Å²) in [6, 6.07) is 7.87. The summed E-state index contributed by atoms with van der Waals surface area (Å²) in [6.07, 6.45) is 6.38. The molecular weight excluding hydrogens is 340 g/mol. The molecule has 27 heavy (non-hydrogen) atoms. The van der Waals surface area contributed by atoms with E-state index < -0.39 is 0 Å². The average Bonchev–Trinajstić information content (AvgIpc) is 3.22. The highest BCUT2D eigenvalue weighted by molar-refractivity contribution is 5.77. The summed E-state index contributed by atoms with van der Waals surface area (Å²) in [5.41, 5.74) is 1.87. The zero-order valence-corrected chi connectivity index (χ0v) is 15.6. The first-order valence-corrected chi connectivity index (χ1v) is 9.78. The Balaban J connectivity index is 1.56. The minimum Gasteiger partial charge on any atom is -0.295 e. The molecule has 0 spiro atoms. The van der Waals surface area contributed by atoms with Gasteiger partial charge in [-0.2, -0.15) is 15.0 Å². The zero-order chi connectivity index (χ0) is 18.4. The number of hydrogen-bond donors (Lipinski definition) is 0. The second-order valence-electron chi connectivity index (χ2n) is 7.80. The molecule has 0 amide bonds. The van der Waals surface area contributed by atoms with Gasteiger partial charge >= 0.3 is 0 Å². The topological polar surface area (TPSA) is 68.8 Å². The van der Waals surface area contributed by atoms with Gasteiger partial charge in [-0.25, -0.2) is 4.98 Å². The number of rotatable bonds is 5. The Kier molecular flexibility index (Phi) is 4.04. The molecule has 0 N–H and O–H groups in total. The molecule has 1 aliphatic carbocycles. The summed E-state index contributed by atoms with van der Waals surface area (Å²) in [5.74, 6) is 1.55. The summed E-state index contributed by atoms with van der Waals surface area (Å²) in [6.45, 7) is 2.53. The molecule has 140 valence electrons. The number of para-hydroxylation sites is 1. The van der Waals surface area contributed by atoms with Gasteiger partial charge in [-0.05, 0) is 50.3 Å². The molecule has 0 radical (unpaired) electrons. The fraction of sp³-hybridized carbons (Fsp3) is 0.500. The smallest absolute Gasteiger partial charge is 0.261 e. The SMILES string of the molecule is Cn1ncc(CN2CCCC2c2nc3ccccc3c(=O)n2CC2CC2)n1. The Morgan fingerprint density at radius 3 is 2.81 bits per heavy atom. The minimum atomic E-state index is 0.105. The van der Waals surface area contributed by atoms with Gasteiger partial charge < -0.3 is 0 Å². The standard InChI is InChI=1S/C20H24N6O/c1-24-21-11-15(23-24)13-25-10-4-7-18(25)19-22-17-6-3-2-5-16(17)20(27)26(19)12-14-8-9-14/h2-3,5-6,11,14,18H,4,7-10,12-13H2,1H3.